The largest absolute Gasteiger partial charge is 0.497 e. The first-order valence-corrected chi connectivity index (χ1v) is 11.4. The lowest BCUT2D eigenvalue weighted by molar-refractivity contribution is -0.119. The first-order valence-electron chi connectivity index (χ1n) is 9.97. The molecule has 0 saturated carbocycles. The van der Waals surface area contributed by atoms with E-state index in [4.69, 9.17) is 9.47 Å². The van der Waals surface area contributed by atoms with E-state index in [2.05, 4.69) is 5.32 Å². The van der Waals surface area contributed by atoms with Gasteiger partial charge in [0.2, 0.25) is 0 Å². The highest BCUT2D eigenvalue weighted by atomic mass is 32.2. The first-order chi connectivity index (χ1) is 15.7. The van der Waals surface area contributed by atoms with Crippen LogP contribution in [0.5, 0.6) is 5.75 Å². The van der Waals surface area contributed by atoms with Gasteiger partial charge in [-0.3, -0.25) is 9.10 Å². The Kier molecular flexibility index (Phi) is 7.34. The molecule has 0 atom stereocenters. The van der Waals surface area contributed by atoms with Crippen molar-refractivity contribution in [3.63, 3.8) is 0 Å². The van der Waals surface area contributed by atoms with Crippen molar-refractivity contribution in [1.29, 1.82) is 0 Å². The molecule has 172 valence electrons. The summed E-state index contributed by atoms with van der Waals surface area (Å²) in [6, 6.07) is 19.2. The highest BCUT2D eigenvalue weighted by molar-refractivity contribution is 7.92. The Balaban J connectivity index is 1.65. The number of carbonyl (C=O) groups is 2. The van der Waals surface area contributed by atoms with Gasteiger partial charge in [0, 0.05) is 12.7 Å². The Morgan fingerprint density at radius 1 is 0.970 bits per heavy atom. The van der Waals surface area contributed by atoms with Crippen molar-refractivity contribution in [3.8, 4) is 5.75 Å². The van der Waals surface area contributed by atoms with Crippen molar-refractivity contribution in [2.24, 2.45) is 0 Å². The zero-order valence-corrected chi connectivity index (χ0v) is 19.3. The van der Waals surface area contributed by atoms with Gasteiger partial charge in [0.25, 0.3) is 15.9 Å². The van der Waals surface area contributed by atoms with Gasteiger partial charge >= 0.3 is 5.97 Å². The fourth-order valence-electron chi connectivity index (χ4n) is 2.92. The molecule has 9 heteroatoms. The normalized spacial score (nSPS) is 10.9. The van der Waals surface area contributed by atoms with Crippen LogP contribution in [0.3, 0.4) is 0 Å². The Morgan fingerprint density at radius 3 is 2.27 bits per heavy atom. The topological polar surface area (TPSA) is 102 Å². The summed E-state index contributed by atoms with van der Waals surface area (Å²) >= 11 is 0. The maximum Gasteiger partial charge on any atom is 0.338 e. The number of esters is 1. The minimum Gasteiger partial charge on any atom is -0.497 e. The summed E-state index contributed by atoms with van der Waals surface area (Å²) in [6.07, 6.45) is 0. The molecule has 0 unspecified atom stereocenters. The van der Waals surface area contributed by atoms with E-state index in [1.807, 2.05) is 19.1 Å². The van der Waals surface area contributed by atoms with Crippen LogP contribution in [0.15, 0.2) is 77.7 Å². The van der Waals surface area contributed by atoms with Crippen molar-refractivity contribution in [3.05, 3.63) is 83.9 Å². The molecule has 0 bridgehead atoms. The van der Waals surface area contributed by atoms with Crippen molar-refractivity contribution >= 4 is 33.3 Å². The number of methoxy groups -OCH3 is 1. The van der Waals surface area contributed by atoms with E-state index < -0.39 is 28.5 Å². The Hall–Kier alpha value is -3.85. The summed E-state index contributed by atoms with van der Waals surface area (Å²) in [7, 11) is -0.928. The summed E-state index contributed by atoms with van der Waals surface area (Å²) < 4.78 is 37.3. The number of ether oxygens (including phenoxy) is 2. The zero-order valence-electron chi connectivity index (χ0n) is 18.4. The van der Waals surface area contributed by atoms with Crippen molar-refractivity contribution < 1.29 is 27.5 Å². The van der Waals surface area contributed by atoms with Crippen LogP contribution in [0, 0.1) is 6.92 Å². The lowest BCUT2D eigenvalue weighted by Crippen LogP contribution is -2.27. The second-order valence-corrected chi connectivity index (χ2v) is 9.16. The Morgan fingerprint density at radius 2 is 1.64 bits per heavy atom. The van der Waals surface area contributed by atoms with Gasteiger partial charge < -0.3 is 14.8 Å². The number of anilines is 2. The predicted octanol–water partition coefficient (Wildman–Crippen LogP) is 3.62. The van der Waals surface area contributed by atoms with Gasteiger partial charge in [-0.15, -0.1) is 0 Å². The number of sulfonamides is 1. The number of hydrogen-bond donors (Lipinski definition) is 1. The smallest absolute Gasteiger partial charge is 0.338 e. The third-order valence-corrected chi connectivity index (χ3v) is 6.62. The van der Waals surface area contributed by atoms with Crippen LogP contribution in [0.2, 0.25) is 0 Å². The molecule has 8 nitrogen and oxygen atoms in total. The van der Waals surface area contributed by atoms with E-state index in [1.54, 1.807) is 36.4 Å². The van der Waals surface area contributed by atoms with E-state index in [0.717, 1.165) is 9.87 Å². The third-order valence-electron chi connectivity index (χ3n) is 4.83. The van der Waals surface area contributed by atoms with E-state index in [0.29, 0.717) is 17.1 Å². The number of hydrogen-bond acceptors (Lipinski definition) is 6. The van der Waals surface area contributed by atoms with E-state index in [1.165, 1.54) is 38.4 Å². The molecular formula is C24H24N2O6S. The molecule has 3 aromatic carbocycles. The average Bonchev–Trinajstić information content (AvgIpc) is 2.83. The van der Waals surface area contributed by atoms with Gasteiger partial charge in [-0.2, -0.15) is 0 Å². The fourth-order valence-corrected chi connectivity index (χ4v) is 4.16. The first kappa shape index (κ1) is 23.8. The van der Waals surface area contributed by atoms with Crippen LogP contribution in [0.25, 0.3) is 0 Å². The van der Waals surface area contributed by atoms with Gasteiger partial charge in [-0.1, -0.05) is 23.8 Å². The number of amides is 1. The minimum absolute atomic E-state index is 0.0191. The molecule has 3 aromatic rings. The number of nitrogens with one attached hydrogen (secondary N) is 1. The van der Waals surface area contributed by atoms with Gasteiger partial charge in [0.05, 0.1) is 23.3 Å². The van der Waals surface area contributed by atoms with Crippen molar-refractivity contribution in [2.75, 3.05) is 30.4 Å². The van der Waals surface area contributed by atoms with Gasteiger partial charge in [0.15, 0.2) is 6.61 Å². The lowest BCUT2D eigenvalue weighted by atomic mass is 10.2. The minimum atomic E-state index is -3.90. The number of nitrogens with zero attached hydrogens (tertiary/aromatic N) is 1. The van der Waals surface area contributed by atoms with E-state index in [9.17, 15) is 18.0 Å². The van der Waals surface area contributed by atoms with Crippen LogP contribution < -0.4 is 14.4 Å². The monoisotopic (exact) mass is 468 g/mol. The molecule has 0 aromatic heterocycles. The molecule has 0 fully saturated rings. The van der Waals surface area contributed by atoms with Crippen LogP contribution in [0.4, 0.5) is 11.4 Å². The summed E-state index contributed by atoms with van der Waals surface area (Å²) in [6.45, 7) is 1.38. The summed E-state index contributed by atoms with van der Waals surface area (Å²) in [5, 5.41) is 2.60. The molecule has 0 radical (unpaired) electrons. The lowest BCUT2D eigenvalue weighted by Gasteiger charge is -2.20. The molecule has 0 aliphatic heterocycles. The third kappa shape index (κ3) is 5.89. The van der Waals surface area contributed by atoms with E-state index >= 15 is 0 Å². The maximum atomic E-state index is 13.0. The molecule has 3 rings (SSSR count). The fraction of sp³-hybridized carbons (Fsp3) is 0.167. The second kappa shape index (κ2) is 10.2. The molecule has 0 saturated heterocycles. The molecule has 0 aliphatic rings. The number of benzene rings is 3. The van der Waals surface area contributed by atoms with Crippen LogP contribution in [-0.2, 0) is 19.6 Å². The molecule has 1 N–H and O–H groups in total. The van der Waals surface area contributed by atoms with Crippen LogP contribution >= 0.6 is 0 Å². The zero-order chi connectivity index (χ0) is 24.0. The molecule has 1 amide bonds. The summed E-state index contributed by atoms with van der Waals surface area (Å²) in [4.78, 5) is 24.4. The highest BCUT2D eigenvalue weighted by Gasteiger charge is 2.23. The Labute approximate surface area is 192 Å². The number of aryl methyl sites for hydroxylation is 1. The molecule has 0 aliphatic carbocycles. The van der Waals surface area contributed by atoms with Crippen LogP contribution in [0.1, 0.15) is 15.9 Å². The Bertz CT molecular complexity index is 1240. The molecule has 0 heterocycles. The highest BCUT2D eigenvalue weighted by Crippen LogP contribution is 2.23. The number of rotatable bonds is 8. The quantitative estimate of drug-likeness (QED) is 0.507. The molecular weight excluding hydrogens is 444 g/mol. The van der Waals surface area contributed by atoms with Crippen LogP contribution in [-0.4, -0.2) is 41.1 Å². The van der Waals surface area contributed by atoms with Gasteiger partial charge in [-0.25, -0.2) is 13.2 Å². The SMILES string of the molecule is COc1ccc(NC(=O)COC(=O)c2cccc(S(=O)(=O)N(C)c3ccc(C)cc3)c2)cc1. The van der Waals surface area contributed by atoms with Crippen molar-refractivity contribution in [2.45, 2.75) is 11.8 Å². The van der Waals surface area contributed by atoms with E-state index in [-0.39, 0.29) is 10.5 Å². The average molecular weight is 469 g/mol. The van der Waals surface area contributed by atoms with Gasteiger partial charge in [0.1, 0.15) is 5.75 Å². The number of carbonyl (C=O) groups excluding carboxylic acids is 2. The summed E-state index contributed by atoms with van der Waals surface area (Å²) in [5.41, 5.74) is 2.03. The van der Waals surface area contributed by atoms with Crippen molar-refractivity contribution in [1.82, 2.24) is 0 Å². The second-order valence-electron chi connectivity index (χ2n) is 7.19. The van der Waals surface area contributed by atoms with Gasteiger partial charge in [-0.05, 0) is 61.5 Å². The molecule has 0 spiro atoms. The maximum absolute atomic E-state index is 13.0. The predicted molar refractivity (Wildman–Crippen MR) is 125 cm³/mol. The molecule has 33 heavy (non-hydrogen) atoms. The summed E-state index contributed by atoms with van der Waals surface area (Å²) in [5.74, 6) is -0.700. The standard InChI is InChI=1S/C24H24N2O6S/c1-17-7-11-20(12-8-17)26(2)33(29,30)22-6-4-5-18(15-22)24(28)32-16-23(27)25-19-9-13-21(31-3)14-10-19/h4-15H,16H2,1-3H3,(H,25,27).